The van der Waals surface area contributed by atoms with Crippen molar-refractivity contribution in [2.45, 2.75) is 19.4 Å². The molecular formula is C13H14BrIN2O. The topological polar surface area (TPSA) is 27.1 Å². The van der Waals surface area contributed by atoms with Crippen molar-refractivity contribution in [2.24, 2.45) is 5.92 Å². The number of ether oxygens (including phenoxy) is 1. The number of halogens is 2. The van der Waals surface area contributed by atoms with Gasteiger partial charge in [-0.15, -0.1) is 0 Å². The second-order valence-corrected chi connectivity index (χ2v) is 6.69. The molecule has 96 valence electrons. The summed E-state index contributed by atoms with van der Waals surface area (Å²) in [4.78, 5) is 4.53. The van der Waals surface area contributed by atoms with E-state index in [1.807, 2.05) is 12.3 Å². The fourth-order valence-corrected chi connectivity index (χ4v) is 4.22. The maximum Gasteiger partial charge on any atom is 0.142 e. The monoisotopic (exact) mass is 420 g/mol. The summed E-state index contributed by atoms with van der Waals surface area (Å²) in [5.74, 6) is 0.714. The maximum atomic E-state index is 5.42. The number of hydrogen-bond acceptors (Lipinski definition) is 2. The average Bonchev–Trinajstić information content (AvgIpc) is 2.69. The Morgan fingerprint density at radius 3 is 3.00 bits per heavy atom. The first kappa shape index (κ1) is 12.9. The Kier molecular flexibility index (Phi) is 3.91. The van der Waals surface area contributed by atoms with Crippen LogP contribution in [-0.4, -0.2) is 22.8 Å². The first-order valence-electron chi connectivity index (χ1n) is 6.12. The van der Waals surface area contributed by atoms with Crippen molar-refractivity contribution in [3.05, 3.63) is 26.5 Å². The van der Waals surface area contributed by atoms with Crippen molar-refractivity contribution < 1.29 is 4.74 Å². The van der Waals surface area contributed by atoms with E-state index in [9.17, 15) is 0 Å². The largest absolute Gasteiger partial charge is 0.381 e. The summed E-state index contributed by atoms with van der Waals surface area (Å²) in [6, 6.07) is 2.00. The predicted molar refractivity (Wildman–Crippen MR) is 83.7 cm³/mol. The van der Waals surface area contributed by atoms with Gasteiger partial charge in [0.2, 0.25) is 0 Å². The molecule has 0 bridgehead atoms. The van der Waals surface area contributed by atoms with Gasteiger partial charge in [-0.2, -0.15) is 0 Å². The van der Waals surface area contributed by atoms with Crippen LogP contribution in [0.1, 0.15) is 12.8 Å². The standard InChI is InChI=1S/C13H14BrIN2O/c14-10-1-4-16-13-12(10)11(15)8-17(13)7-9-2-5-18-6-3-9/h1,4,8-9H,2-3,5-7H2. The minimum atomic E-state index is 0.714. The number of fused-ring (bicyclic) bond motifs is 1. The van der Waals surface area contributed by atoms with E-state index in [2.05, 4.69) is 54.3 Å². The average molecular weight is 421 g/mol. The molecule has 2 aromatic heterocycles. The van der Waals surface area contributed by atoms with E-state index in [0.29, 0.717) is 5.92 Å². The van der Waals surface area contributed by atoms with Crippen molar-refractivity contribution in [1.29, 1.82) is 0 Å². The number of hydrogen-bond donors (Lipinski definition) is 0. The molecule has 1 saturated heterocycles. The lowest BCUT2D eigenvalue weighted by Crippen LogP contribution is -2.20. The molecule has 18 heavy (non-hydrogen) atoms. The SMILES string of the molecule is Brc1ccnc2c1c(I)cn2CC1CCOCC1. The van der Waals surface area contributed by atoms with Gasteiger partial charge < -0.3 is 9.30 Å². The summed E-state index contributed by atoms with van der Waals surface area (Å²) in [5, 5.41) is 1.23. The van der Waals surface area contributed by atoms with E-state index in [1.54, 1.807) is 0 Å². The molecule has 0 aromatic carbocycles. The molecular weight excluding hydrogens is 407 g/mol. The third kappa shape index (κ3) is 2.44. The highest BCUT2D eigenvalue weighted by molar-refractivity contribution is 14.1. The fourth-order valence-electron chi connectivity index (χ4n) is 2.48. The zero-order valence-corrected chi connectivity index (χ0v) is 13.6. The van der Waals surface area contributed by atoms with Gasteiger partial charge in [-0.3, -0.25) is 0 Å². The van der Waals surface area contributed by atoms with Crippen LogP contribution in [0.2, 0.25) is 0 Å². The van der Waals surface area contributed by atoms with E-state index in [1.165, 1.54) is 8.96 Å². The van der Waals surface area contributed by atoms with Gasteiger partial charge in [-0.25, -0.2) is 4.98 Å². The first-order valence-corrected chi connectivity index (χ1v) is 7.99. The Balaban J connectivity index is 1.94. The van der Waals surface area contributed by atoms with Crippen molar-refractivity contribution in [1.82, 2.24) is 9.55 Å². The molecule has 3 heterocycles. The number of nitrogens with zero attached hydrogens (tertiary/aromatic N) is 2. The van der Waals surface area contributed by atoms with Crippen LogP contribution in [0.5, 0.6) is 0 Å². The molecule has 0 spiro atoms. The van der Waals surface area contributed by atoms with Crippen molar-refractivity contribution >= 4 is 49.6 Å². The molecule has 0 N–H and O–H groups in total. The highest BCUT2D eigenvalue weighted by Gasteiger charge is 2.17. The number of pyridine rings is 1. The van der Waals surface area contributed by atoms with Crippen molar-refractivity contribution in [3.8, 4) is 0 Å². The Labute approximate surface area is 128 Å². The fraction of sp³-hybridized carbons (Fsp3) is 0.462. The molecule has 1 fully saturated rings. The Bertz CT molecular complexity index is 563. The van der Waals surface area contributed by atoms with Crippen LogP contribution in [0, 0.1) is 9.49 Å². The summed E-state index contributed by atoms with van der Waals surface area (Å²) in [6.07, 6.45) is 6.38. The highest BCUT2D eigenvalue weighted by Crippen LogP contribution is 2.29. The quantitative estimate of drug-likeness (QED) is 0.690. The van der Waals surface area contributed by atoms with Gasteiger partial charge in [-0.1, -0.05) is 0 Å². The summed E-state index contributed by atoms with van der Waals surface area (Å²) >= 11 is 5.99. The molecule has 2 aromatic rings. The van der Waals surface area contributed by atoms with E-state index in [4.69, 9.17) is 4.74 Å². The molecule has 3 rings (SSSR count). The summed E-state index contributed by atoms with van der Waals surface area (Å²) < 4.78 is 10.1. The van der Waals surface area contributed by atoms with E-state index < -0.39 is 0 Å². The molecule has 0 saturated carbocycles. The highest BCUT2D eigenvalue weighted by atomic mass is 127. The minimum Gasteiger partial charge on any atom is -0.381 e. The summed E-state index contributed by atoms with van der Waals surface area (Å²) in [6.45, 7) is 2.85. The van der Waals surface area contributed by atoms with Gasteiger partial charge in [0.15, 0.2) is 0 Å². The molecule has 3 nitrogen and oxygen atoms in total. The third-order valence-electron chi connectivity index (χ3n) is 3.46. The van der Waals surface area contributed by atoms with Gasteiger partial charge in [0, 0.05) is 45.6 Å². The molecule has 5 heteroatoms. The van der Waals surface area contributed by atoms with Crippen LogP contribution in [0.4, 0.5) is 0 Å². The second kappa shape index (κ2) is 5.46. The normalized spacial score (nSPS) is 17.4. The first-order chi connectivity index (χ1) is 8.75. The maximum absolute atomic E-state index is 5.42. The summed E-state index contributed by atoms with van der Waals surface area (Å²) in [5.41, 5.74) is 1.08. The number of aromatic nitrogens is 2. The Morgan fingerprint density at radius 2 is 2.22 bits per heavy atom. The van der Waals surface area contributed by atoms with Gasteiger partial charge in [0.1, 0.15) is 5.65 Å². The van der Waals surface area contributed by atoms with E-state index in [-0.39, 0.29) is 0 Å². The zero-order valence-electron chi connectivity index (χ0n) is 9.90. The van der Waals surface area contributed by atoms with Gasteiger partial charge in [0.25, 0.3) is 0 Å². The van der Waals surface area contributed by atoms with Gasteiger partial charge >= 0.3 is 0 Å². The molecule has 0 unspecified atom stereocenters. The molecule has 1 aliphatic rings. The molecule has 0 aliphatic carbocycles. The predicted octanol–water partition coefficient (Wildman–Crippen LogP) is 3.83. The zero-order chi connectivity index (χ0) is 12.5. The van der Waals surface area contributed by atoms with Crippen LogP contribution >= 0.6 is 38.5 Å². The molecule has 1 aliphatic heterocycles. The van der Waals surface area contributed by atoms with Crippen LogP contribution in [-0.2, 0) is 11.3 Å². The van der Waals surface area contributed by atoms with E-state index in [0.717, 1.165) is 42.7 Å². The van der Waals surface area contributed by atoms with Crippen molar-refractivity contribution in [2.75, 3.05) is 13.2 Å². The van der Waals surface area contributed by atoms with Gasteiger partial charge in [-0.05, 0) is 63.3 Å². The van der Waals surface area contributed by atoms with Crippen molar-refractivity contribution in [3.63, 3.8) is 0 Å². The Hall–Kier alpha value is -0.140. The molecule has 0 atom stereocenters. The molecule has 0 radical (unpaired) electrons. The lowest BCUT2D eigenvalue weighted by Gasteiger charge is -2.22. The molecule has 0 amide bonds. The lowest BCUT2D eigenvalue weighted by molar-refractivity contribution is 0.0616. The third-order valence-corrected chi connectivity index (χ3v) is 4.93. The van der Waals surface area contributed by atoms with Crippen LogP contribution in [0.25, 0.3) is 11.0 Å². The number of rotatable bonds is 2. The van der Waals surface area contributed by atoms with Gasteiger partial charge in [0.05, 0.1) is 0 Å². The minimum absolute atomic E-state index is 0.714. The van der Waals surface area contributed by atoms with Crippen LogP contribution < -0.4 is 0 Å². The van der Waals surface area contributed by atoms with Crippen LogP contribution in [0.3, 0.4) is 0 Å². The van der Waals surface area contributed by atoms with E-state index >= 15 is 0 Å². The second-order valence-electron chi connectivity index (χ2n) is 4.68. The lowest BCUT2D eigenvalue weighted by atomic mass is 10.0. The van der Waals surface area contributed by atoms with Crippen LogP contribution in [0.15, 0.2) is 22.9 Å². The smallest absolute Gasteiger partial charge is 0.142 e. The Morgan fingerprint density at radius 1 is 1.44 bits per heavy atom. The summed E-state index contributed by atoms with van der Waals surface area (Å²) in [7, 11) is 0.